The van der Waals surface area contributed by atoms with Crippen molar-refractivity contribution in [2.24, 2.45) is 5.92 Å². The van der Waals surface area contributed by atoms with E-state index in [4.69, 9.17) is 12.2 Å². The number of H-pyrrole nitrogens is 1. The van der Waals surface area contributed by atoms with E-state index in [-0.39, 0.29) is 16.2 Å². The predicted octanol–water partition coefficient (Wildman–Crippen LogP) is 4.84. The van der Waals surface area contributed by atoms with Crippen molar-refractivity contribution in [3.8, 4) is 0 Å². The minimum atomic E-state index is -0.337. The summed E-state index contributed by atoms with van der Waals surface area (Å²) in [4.78, 5) is 31.3. The molecule has 142 valence electrons. The minimum absolute atomic E-state index is 0.206. The third kappa shape index (κ3) is 2.75. The maximum atomic E-state index is 13.2. The van der Waals surface area contributed by atoms with Crippen molar-refractivity contribution in [3.05, 3.63) is 60.8 Å². The highest BCUT2D eigenvalue weighted by molar-refractivity contribution is 7.71. The number of aromatic amines is 1. The highest BCUT2D eigenvalue weighted by Crippen LogP contribution is 2.35. The third-order valence-electron chi connectivity index (χ3n) is 5.29. The maximum absolute atomic E-state index is 13.2. The smallest absolute Gasteiger partial charge is 0.282 e. The van der Waals surface area contributed by atoms with Crippen molar-refractivity contribution in [1.29, 1.82) is 0 Å². The van der Waals surface area contributed by atoms with Crippen LogP contribution in [0.4, 0.5) is 0 Å². The van der Waals surface area contributed by atoms with Crippen LogP contribution in [0.1, 0.15) is 34.1 Å². The van der Waals surface area contributed by atoms with Gasteiger partial charge >= 0.3 is 0 Å². The van der Waals surface area contributed by atoms with E-state index in [1.807, 2.05) is 29.6 Å². The standard InChI is InChI=1S/C20H17N3O2S3/c1-10-6-7-12-15(8-10)28-18-16(12)19(25)23(20(26)21-18)22-17(24)13-9-27-14-5-3-2-4-11(13)14/h2-5,9-10H,6-8H2,1H3,(H,21,26)(H,22,24)/t10-/m1/s1. The number of nitrogens with zero attached hydrogens (tertiary/aromatic N) is 1. The number of thiophene rings is 2. The monoisotopic (exact) mass is 427 g/mol. The summed E-state index contributed by atoms with van der Waals surface area (Å²) in [5.74, 6) is 0.286. The van der Waals surface area contributed by atoms with Crippen molar-refractivity contribution in [2.75, 3.05) is 5.43 Å². The largest absolute Gasteiger partial charge is 0.322 e. The maximum Gasteiger partial charge on any atom is 0.282 e. The van der Waals surface area contributed by atoms with E-state index in [9.17, 15) is 9.59 Å². The van der Waals surface area contributed by atoms with Gasteiger partial charge in [0.1, 0.15) is 4.83 Å². The van der Waals surface area contributed by atoms with Gasteiger partial charge in [-0.2, -0.15) is 4.68 Å². The van der Waals surface area contributed by atoms with E-state index in [1.165, 1.54) is 20.9 Å². The number of rotatable bonds is 2. The van der Waals surface area contributed by atoms with Crippen LogP contribution in [0.25, 0.3) is 20.3 Å². The van der Waals surface area contributed by atoms with Gasteiger partial charge in [0.05, 0.1) is 10.9 Å². The first-order chi connectivity index (χ1) is 13.5. The first kappa shape index (κ1) is 17.8. The second-order valence-corrected chi connectivity index (χ2v) is 9.62. The fourth-order valence-corrected chi connectivity index (χ4v) is 6.48. The zero-order chi connectivity index (χ0) is 19.4. The van der Waals surface area contributed by atoms with Crippen LogP contribution in [-0.4, -0.2) is 15.6 Å². The average Bonchev–Trinajstić information content (AvgIpc) is 3.25. The molecule has 3 aromatic heterocycles. The molecule has 0 spiro atoms. The zero-order valence-electron chi connectivity index (χ0n) is 15.1. The minimum Gasteiger partial charge on any atom is -0.322 e. The van der Waals surface area contributed by atoms with Crippen LogP contribution in [0.15, 0.2) is 34.4 Å². The molecule has 0 fully saturated rings. The second kappa shape index (κ2) is 6.65. The second-order valence-electron chi connectivity index (χ2n) is 7.21. The highest BCUT2D eigenvalue weighted by Gasteiger charge is 2.24. The van der Waals surface area contributed by atoms with Crippen molar-refractivity contribution < 1.29 is 4.79 Å². The van der Waals surface area contributed by atoms with E-state index < -0.39 is 0 Å². The first-order valence-electron chi connectivity index (χ1n) is 9.10. The van der Waals surface area contributed by atoms with Crippen LogP contribution in [0, 0.1) is 10.7 Å². The molecule has 0 radical (unpaired) electrons. The van der Waals surface area contributed by atoms with Gasteiger partial charge in [-0.15, -0.1) is 22.7 Å². The summed E-state index contributed by atoms with van der Waals surface area (Å²) in [6, 6.07) is 7.72. The van der Waals surface area contributed by atoms with Crippen LogP contribution >= 0.6 is 34.9 Å². The number of hydrogen-bond donors (Lipinski definition) is 2. The van der Waals surface area contributed by atoms with Crippen LogP contribution < -0.4 is 11.0 Å². The van der Waals surface area contributed by atoms with Crippen molar-refractivity contribution in [2.45, 2.75) is 26.2 Å². The normalized spacial score (nSPS) is 16.4. The van der Waals surface area contributed by atoms with Crippen molar-refractivity contribution in [1.82, 2.24) is 9.66 Å². The predicted molar refractivity (Wildman–Crippen MR) is 118 cm³/mol. The number of carbonyl (C=O) groups excluding carboxylic acids is 1. The van der Waals surface area contributed by atoms with Gasteiger partial charge in [-0.1, -0.05) is 25.1 Å². The number of fused-ring (bicyclic) bond motifs is 4. The van der Waals surface area contributed by atoms with Gasteiger partial charge in [-0.25, -0.2) is 0 Å². The number of benzene rings is 1. The van der Waals surface area contributed by atoms with Gasteiger partial charge in [-0.05, 0) is 49.0 Å². The molecule has 8 heteroatoms. The Hall–Kier alpha value is -2.29. The topological polar surface area (TPSA) is 66.9 Å². The Bertz CT molecular complexity index is 1360. The molecule has 5 nitrogen and oxygen atoms in total. The molecule has 0 saturated heterocycles. The number of aromatic nitrogens is 2. The molecule has 3 heterocycles. The summed E-state index contributed by atoms with van der Waals surface area (Å²) in [6.07, 6.45) is 2.95. The molecule has 1 aliphatic rings. The fraction of sp³-hybridized carbons (Fsp3) is 0.250. The van der Waals surface area contributed by atoms with Gasteiger partial charge < -0.3 is 4.98 Å². The van der Waals surface area contributed by atoms with Gasteiger partial charge in [0.25, 0.3) is 11.5 Å². The zero-order valence-corrected chi connectivity index (χ0v) is 17.5. The molecule has 1 aliphatic carbocycles. The van der Waals surface area contributed by atoms with Crippen LogP contribution in [0.3, 0.4) is 0 Å². The fourth-order valence-electron chi connectivity index (χ4n) is 3.84. The summed E-state index contributed by atoms with van der Waals surface area (Å²) in [5.41, 5.74) is 4.11. The molecule has 2 N–H and O–H groups in total. The number of hydrogen-bond acceptors (Lipinski definition) is 5. The lowest BCUT2D eigenvalue weighted by Gasteiger charge is -2.17. The summed E-state index contributed by atoms with van der Waals surface area (Å²) in [6.45, 7) is 2.24. The Balaban J connectivity index is 1.60. The number of carbonyl (C=O) groups is 1. The molecule has 0 bridgehead atoms. The average molecular weight is 428 g/mol. The molecule has 1 aromatic carbocycles. The van der Waals surface area contributed by atoms with Gasteiger partial charge in [0.15, 0.2) is 0 Å². The molecule has 0 aliphatic heterocycles. The SMILES string of the molecule is C[C@@H]1CCc2c(sc3[nH]c(=S)n(NC(=O)c4csc5ccccc45)c(=O)c23)C1. The Morgan fingerprint density at radius 1 is 1.36 bits per heavy atom. The summed E-state index contributed by atoms with van der Waals surface area (Å²) in [5, 5.41) is 3.34. The highest BCUT2D eigenvalue weighted by atomic mass is 32.1. The van der Waals surface area contributed by atoms with E-state index in [2.05, 4.69) is 17.3 Å². The summed E-state index contributed by atoms with van der Waals surface area (Å²) in [7, 11) is 0. The molecule has 28 heavy (non-hydrogen) atoms. The number of nitrogens with one attached hydrogen (secondary N) is 2. The lowest BCUT2D eigenvalue weighted by Crippen LogP contribution is -2.34. The van der Waals surface area contributed by atoms with Crippen LogP contribution in [0.2, 0.25) is 0 Å². The molecule has 1 amide bonds. The molecular weight excluding hydrogens is 410 g/mol. The molecule has 0 saturated carbocycles. The van der Waals surface area contributed by atoms with Gasteiger partial charge in [0, 0.05) is 20.3 Å². The summed E-state index contributed by atoms with van der Waals surface area (Å²) < 4.78 is 2.41. The lowest BCUT2D eigenvalue weighted by molar-refractivity contribution is 0.101. The van der Waals surface area contributed by atoms with Crippen molar-refractivity contribution >= 4 is 61.1 Å². The van der Waals surface area contributed by atoms with E-state index >= 15 is 0 Å². The Labute approximate surface area is 173 Å². The quantitative estimate of drug-likeness (QED) is 0.450. The van der Waals surface area contributed by atoms with E-state index in [0.29, 0.717) is 16.9 Å². The summed E-state index contributed by atoms with van der Waals surface area (Å²) >= 11 is 8.49. The number of amides is 1. The third-order valence-corrected chi connectivity index (χ3v) is 7.71. The first-order valence-corrected chi connectivity index (χ1v) is 11.2. The van der Waals surface area contributed by atoms with E-state index in [0.717, 1.165) is 39.7 Å². The van der Waals surface area contributed by atoms with Gasteiger partial charge in [-0.3, -0.25) is 15.0 Å². The van der Waals surface area contributed by atoms with Crippen LogP contribution in [-0.2, 0) is 12.8 Å². The molecule has 4 aromatic rings. The Kier molecular flexibility index (Phi) is 4.22. The number of aryl methyl sites for hydroxylation is 1. The molecule has 0 unspecified atom stereocenters. The molecular formula is C20H17N3O2S3. The van der Waals surface area contributed by atoms with E-state index in [1.54, 1.807) is 11.3 Å². The Morgan fingerprint density at radius 3 is 3.04 bits per heavy atom. The lowest BCUT2D eigenvalue weighted by atomic mass is 9.89. The Morgan fingerprint density at radius 2 is 2.18 bits per heavy atom. The van der Waals surface area contributed by atoms with Crippen molar-refractivity contribution in [3.63, 3.8) is 0 Å². The molecule has 1 atom stereocenters. The van der Waals surface area contributed by atoms with Gasteiger partial charge in [0.2, 0.25) is 4.77 Å². The molecule has 5 rings (SSSR count). The van der Waals surface area contributed by atoms with Crippen LogP contribution in [0.5, 0.6) is 0 Å².